The summed E-state index contributed by atoms with van der Waals surface area (Å²) in [7, 11) is 1.85. The van der Waals surface area contributed by atoms with E-state index in [0.717, 1.165) is 17.7 Å². The Morgan fingerprint density at radius 3 is 2.61 bits per heavy atom. The Kier molecular flexibility index (Phi) is 6.10. The van der Waals surface area contributed by atoms with Crippen molar-refractivity contribution in [3.63, 3.8) is 0 Å². The molecule has 0 bridgehead atoms. The summed E-state index contributed by atoms with van der Waals surface area (Å²) in [6, 6.07) is 13.2. The molecule has 1 atom stereocenters. The lowest BCUT2D eigenvalue weighted by Crippen LogP contribution is -2.22. The van der Waals surface area contributed by atoms with E-state index in [2.05, 4.69) is 20.5 Å². The zero-order valence-electron chi connectivity index (χ0n) is 16.5. The number of rotatable bonds is 6. The van der Waals surface area contributed by atoms with Crippen molar-refractivity contribution >= 4 is 34.1 Å². The monoisotopic (exact) mass is 457 g/mol. The zero-order chi connectivity index (χ0) is 22.0. The summed E-state index contributed by atoms with van der Waals surface area (Å²) in [6.07, 6.45) is 0. The Bertz CT molecular complexity index is 1230. The van der Waals surface area contributed by atoms with Gasteiger partial charge in [0, 0.05) is 23.6 Å². The lowest BCUT2D eigenvalue weighted by atomic mass is 10.2. The van der Waals surface area contributed by atoms with Gasteiger partial charge in [0.05, 0.1) is 10.9 Å². The van der Waals surface area contributed by atoms with Gasteiger partial charge in [0.2, 0.25) is 5.91 Å². The van der Waals surface area contributed by atoms with Crippen LogP contribution in [0.4, 0.5) is 13.9 Å². The van der Waals surface area contributed by atoms with E-state index in [9.17, 15) is 13.6 Å². The van der Waals surface area contributed by atoms with Gasteiger partial charge in [0.25, 0.3) is 0 Å². The van der Waals surface area contributed by atoms with Crippen LogP contribution in [0.2, 0.25) is 0 Å². The van der Waals surface area contributed by atoms with Crippen molar-refractivity contribution in [3.8, 4) is 22.6 Å². The first-order valence-electron chi connectivity index (χ1n) is 9.25. The second-order valence-electron chi connectivity index (χ2n) is 6.65. The SMILES string of the molecule is CC(Sc1nnc(-c2ccccc2)n1C)C(=O)Nc1nc(-c2ccc(F)c(F)c2)cs1. The van der Waals surface area contributed by atoms with Crippen molar-refractivity contribution in [2.75, 3.05) is 5.32 Å². The third kappa shape index (κ3) is 4.64. The molecule has 0 saturated carbocycles. The molecular weight excluding hydrogens is 440 g/mol. The van der Waals surface area contributed by atoms with Crippen LogP contribution in [-0.2, 0) is 11.8 Å². The van der Waals surface area contributed by atoms with Gasteiger partial charge in [-0.2, -0.15) is 0 Å². The van der Waals surface area contributed by atoms with Crippen molar-refractivity contribution in [3.05, 3.63) is 65.5 Å². The van der Waals surface area contributed by atoms with Crippen LogP contribution < -0.4 is 5.32 Å². The molecule has 158 valence electrons. The van der Waals surface area contributed by atoms with Gasteiger partial charge in [-0.1, -0.05) is 42.1 Å². The number of carbonyl (C=O) groups is 1. The maximum absolute atomic E-state index is 13.5. The van der Waals surface area contributed by atoms with Crippen molar-refractivity contribution < 1.29 is 13.6 Å². The Morgan fingerprint density at radius 1 is 1.10 bits per heavy atom. The number of nitrogens with zero attached hydrogens (tertiary/aromatic N) is 4. The van der Waals surface area contributed by atoms with Gasteiger partial charge in [-0.15, -0.1) is 21.5 Å². The Morgan fingerprint density at radius 2 is 1.87 bits per heavy atom. The molecule has 0 radical (unpaired) electrons. The van der Waals surface area contributed by atoms with Crippen molar-refractivity contribution in [2.24, 2.45) is 7.05 Å². The minimum atomic E-state index is -0.945. The van der Waals surface area contributed by atoms with Gasteiger partial charge in [-0.3, -0.25) is 4.79 Å². The lowest BCUT2D eigenvalue weighted by Gasteiger charge is -2.10. The Hall–Kier alpha value is -3.11. The number of hydrogen-bond acceptors (Lipinski definition) is 6. The second-order valence-corrected chi connectivity index (χ2v) is 8.81. The molecule has 0 aliphatic carbocycles. The van der Waals surface area contributed by atoms with E-state index in [-0.39, 0.29) is 5.91 Å². The summed E-state index contributed by atoms with van der Waals surface area (Å²) in [5.41, 5.74) is 1.83. The predicted molar refractivity (Wildman–Crippen MR) is 118 cm³/mol. The second kappa shape index (κ2) is 8.94. The normalized spacial score (nSPS) is 12.0. The smallest absolute Gasteiger partial charge is 0.239 e. The molecule has 6 nitrogen and oxygen atoms in total. The molecule has 0 saturated heterocycles. The van der Waals surface area contributed by atoms with Crippen molar-refractivity contribution in [1.82, 2.24) is 19.7 Å². The van der Waals surface area contributed by atoms with E-state index >= 15 is 0 Å². The molecule has 4 aromatic rings. The number of anilines is 1. The fourth-order valence-electron chi connectivity index (χ4n) is 2.79. The van der Waals surface area contributed by atoms with Crippen LogP contribution in [0.15, 0.2) is 59.1 Å². The highest BCUT2D eigenvalue weighted by Gasteiger charge is 2.20. The molecule has 0 fully saturated rings. The quantitative estimate of drug-likeness (QED) is 0.413. The molecule has 1 N–H and O–H groups in total. The maximum atomic E-state index is 13.5. The van der Waals surface area contributed by atoms with Crippen LogP contribution >= 0.6 is 23.1 Å². The largest absolute Gasteiger partial charge is 0.305 e. The Balaban J connectivity index is 1.42. The van der Waals surface area contributed by atoms with Crippen LogP contribution in [0.5, 0.6) is 0 Å². The first-order valence-corrected chi connectivity index (χ1v) is 11.0. The van der Waals surface area contributed by atoms with E-state index in [1.54, 1.807) is 12.3 Å². The number of thioether (sulfide) groups is 1. The fraction of sp³-hybridized carbons (Fsp3) is 0.143. The number of benzene rings is 2. The van der Waals surface area contributed by atoms with Crippen LogP contribution in [0.25, 0.3) is 22.6 Å². The summed E-state index contributed by atoms with van der Waals surface area (Å²) in [5, 5.41) is 13.4. The van der Waals surface area contributed by atoms with Gasteiger partial charge in [-0.25, -0.2) is 13.8 Å². The van der Waals surface area contributed by atoms with Crippen molar-refractivity contribution in [2.45, 2.75) is 17.3 Å². The molecule has 2 heterocycles. The molecule has 1 unspecified atom stereocenters. The maximum Gasteiger partial charge on any atom is 0.239 e. The molecule has 4 rings (SSSR count). The number of halogens is 2. The fourth-order valence-corrected chi connectivity index (χ4v) is 4.33. The standard InChI is InChI=1S/C21H17F2N5OS2/c1-12(31-21-27-26-18(28(21)2)13-6-4-3-5-7-13)19(29)25-20-24-17(11-30-20)14-8-9-15(22)16(23)10-14/h3-12H,1-2H3,(H,24,25,29). The summed E-state index contributed by atoms with van der Waals surface area (Å²) in [6.45, 7) is 1.76. The molecular formula is C21H17F2N5OS2. The first-order chi connectivity index (χ1) is 14.9. The topological polar surface area (TPSA) is 72.7 Å². The van der Waals surface area contributed by atoms with Crippen LogP contribution in [-0.4, -0.2) is 30.9 Å². The van der Waals surface area contributed by atoms with Crippen LogP contribution in [0, 0.1) is 11.6 Å². The minimum Gasteiger partial charge on any atom is -0.305 e. The summed E-state index contributed by atoms with van der Waals surface area (Å²) >= 11 is 2.49. The molecule has 0 aliphatic rings. The molecule has 0 aliphatic heterocycles. The molecule has 0 spiro atoms. The van der Waals surface area contributed by atoms with Gasteiger partial charge in [0.1, 0.15) is 0 Å². The minimum absolute atomic E-state index is 0.250. The van der Waals surface area contributed by atoms with Gasteiger partial charge in [-0.05, 0) is 25.1 Å². The van der Waals surface area contributed by atoms with Gasteiger partial charge < -0.3 is 9.88 Å². The third-order valence-electron chi connectivity index (χ3n) is 4.47. The van der Waals surface area contributed by atoms with Crippen molar-refractivity contribution in [1.29, 1.82) is 0 Å². The highest BCUT2D eigenvalue weighted by Crippen LogP contribution is 2.29. The average molecular weight is 458 g/mol. The van der Waals surface area contributed by atoms with Gasteiger partial charge >= 0.3 is 0 Å². The number of aromatic nitrogens is 4. The van der Waals surface area contributed by atoms with Gasteiger partial charge in [0.15, 0.2) is 27.7 Å². The molecule has 1 amide bonds. The zero-order valence-corrected chi connectivity index (χ0v) is 18.2. The summed E-state index contributed by atoms with van der Waals surface area (Å²) in [4.78, 5) is 16.9. The third-order valence-corrected chi connectivity index (χ3v) is 6.36. The highest BCUT2D eigenvalue weighted by atomic mass is 32.2. The number of amides is 1. The molecule has 31 heavy (non-hydrogen) atoms. The summed E-state index contributed by atoms with van der Waals surface area (Å²) < 4.78 is 28.4. The van der Waals surface area contributed by atoms with Crippen LogP contribution in [0.1, 0.15) is 6.92 Å². The van der Waals surface area contributed by atoms with E-state index in [4.69, 9.17) is 0 Å². The number of thiazole rings is 1. The first kappa shape index (κ1) is 21.1. The van der Waals surface area contributed by atoms with E-state index in [1.807, 2.05) is 41.9 Å². The van der Waals surface area contributed by atoms with E-state index in [1.165, 1.54) is 29.2 Å². The molecule has 2 aromatic heterocycles. The number of nitrogens with one attached hydrogen (secondary N) is 1. The molecule has 10 heteroatoms. The number of hydrogen-bond donors (Lipinski definition) is 1. The number of carbonyl (C=O) groups excluding carboxylic acids is 1. The van der Waals surface area contributed by atoms with Crippen LogP contribution in [0.3, 0.4) is 0 Å². The predicted octanol–water partition coefficient (Wildman–Crippen LogP) is 5.00. The van der Waals surface area contributed by atoms with E-state index < -0.39 is 16.9 Å². The molecule has 2 aromatic carbocycles. The highest BCUT2D eigenvalue weighted by molar-refractivity contribution is 8.00. The Labute approximate surface area is 185 Å². The summed E-state index contributed by atoms with van der Waals surface area (Å²) in [5.74, 6) is -1.40. The lowest BCUT2D eigenvalue weighted by molar-refractivity contribution is -0.115. The van der Waals surface area contributed by atoms with E-state index in [0.29, 0.717) is 27.4 Å². The average Bonchev–Trinajstić information content (AvgIpc) is 3.38.